The average Bonchev–Trinajstić information content (AvgIpc) is 3.47. The van der Waals surface area contributed by atoms with Crippen LogP contribution in [0.1, 0.15) is 35.7 Å². The average molecular weight is 639 g/mol. The quantitative estimate of drug-likeness (QED) is 0.0616. The summed E-state index contributed by atoms with van der Waals surface area (Å²) in [4.78, 5) is 34.1. The van der Waals surface area contributed by atoms with Gasteiger partial charge in [-0.15, -0.1) is 0 Å². The van der Waals surface area contributed by atoms with E-state index in [4.69, 9.17) is 33.2 Å². The van der Waals surface area contributed by atoms with E-state index in [0.29, 0.717) is 59.8 Å². The summed E-state index contributed by atoms with van der Waals surface area (Å²) in [7, 11) is 1.37. The fraction of sp³-hybridized carbons (Fsp3) is 0.300. The standard InChI is InChI=1S/C30H36ClFN10O3/c1-3-17-15-18(6-7-19(17)28(43)37-11-12-38-29(44)21(33)5-4-10-39-30(34)35)41-26-27-40-16-22(42(27)14-13-36-26)20-8-9-23(45-2)25(32)24(20)31/h6-9,13-16,21H,3-5,10-12,33H2,1-2H3,(H,36,41)(H,37,43)(H,38,44)(H4,34,35,39). The lowest BCUT2D eigenvalue weighted by atomic mass is 10.0. The molecular weight excluding hydrogens is 603 g/mol. The number of aryl methyl sites for hydroxylation is 1. The highest BCUT2D eigenvalue weighted by Gasteiger charge is 2.19. The number of hydrogen-bond donors (Lipinski definition) is 7. The predicted molar refractivity (Wildman–Crippen MR) is 172 cm³/mol. The van der Waals surface area contributed by atoms with Crippen molar-refractivity contribution in [2.45, 2.75) is 32.2 Å². The smallest absolute Gasteiger partial charge is 0.251 e. The van der Waals surface area contributed by atoms with E-state index in [1.165, 1.54) is 13.2 Å². The molecule has 1 unspecified atom stereocenters. The van der Waals surface area contributed by atoms with E-state index in [1.807, 2.05) is 13.0 Å². The first-order chi connectivity index (χ1) is 21.6. The number of aromatic nitrogens is 3. The van der Waals surface area contributed by atoms with Crippen LogP contribution in [0.3, 0.4) is 0 Å². The maximum Gasteiger partial charge on any atom is 0.251 e. The molecule has 2 aromatic carbocycles. The second kappa shape index (κ2) is 15.2. The Morgan fingerprint density at radius 1 is 1.13 bits per heavy atom. The summed E-state index contributed by atoms with van der Waals surface area (Å²) >= 11 is 6.31. The van der Waals surface area contributed by atoms with Crippen LogP contribution in [0.15, 0.2) is 48.9 Å². The van der Waals surface area contributed by atoms with Gasteiger partial charge in [0.15, 0.2) is 29.0 Å². The molecule has 45 heavy (non-hydrogen) atoms. The van der Waals surface area contributed by atoms with Gasteiger partial charge in [0.2, 0.25) is 5.91 Å². The zero-order valence-corrected chi connectivity index (χ0v) is 25.7. The van der Waals surface area contributed by atoms with Crippen molar-refractivity contribution in [3.63, 3.8) is 0 Å². The summed E-state index contributed by atoms with van der Waals surface area (Å²) in [6.07, 6.45) is 6.50. The minimum absolute atomic E-state index is 0.0461. The molecule has 238 valence electrons. The fourth-order valence-corrected chi connectivity index (χ4v) is 4.93. The molecule has 4 aromatic rings. The number of benzene rings is 2. The molecule has 2 heterocycles. The first kappa shape index (κ1) is 33.0. The molecule has 0 saturated carbocycles. The lowest BCUT2D eigenvalue weighted by molar-refractivity contribution is -0.122. The topological polar surface area (TPSA) is 198 Å². The molecular formula is C30H36ClFN10O3. The fourth-order valence-electron chi connectivity index (χ4n) is 4.68. The number of carbonyl (C=O) groups excluding carboxylic acids is 2. The van der Waals surface area contributed by atoms with Crippen molar-refractivity contribution in [3.05, 3.63) is 70.9 Å². The summed E-state index contributed by atoms with van der Waals surface area (Å²) in [6, 6.07) is 7.82. The number of nitrogens with one attached hydrogen (secondary N) is 5. The zero-order chi connectivity index (χ0) is 32.5. The molecule has 2 amide bonds. The molecule has 15 heteroatoms. The molecule has 0 aliphatic rings. The number of imidazole rings is 1. The molecule has 4 rings (SSSR count). The van der Waals surface area contributed by atoms with E-state index >= 15 is 0 Å². The third kappa shape index (κ3) is 7.96. The Morgan fingerprint density at radius 3 is 2.64 bits per heavy atom. The van der Waals surface area contributed by atoms with Crippen LogP contribution >= 0.6 is 11.6 Å². The van der Waals surface area contributed by atoms with Crippen LogP contribution in [0.4, 0.5) is 15.9 Å². The van der Waals surface area contributed by atoms with Crippen molar-refractivity contribution >= 4 is 46.5 Å². The Labute approximate surface area is 264 Å². The minimum Gasteiger partial charge on any atom is -0.494 e. The van der Waals surface area contributed by atoms with Crippen LogP contribution in [0, 0.1) is 11.2 Å². The van der Waals surface area contributed by atoms with Gasteiger partial charge in [0.05, 0.1) is 30.1 Å². The number of fused-ring (bicyclic) bond motifs is 1. The number of hydrogen-bond acceptors (Lipinski definition) is 8. The first-order valence-electron chi connectivity index (χ1n) is 14.3. The van der Waals surface area contributed by atoms with Crippen molar-refractivity contribution in [1.82, 2.24) is 30.3 Å². The van der Waals surface area contributed by atoms with Crippen molar-refractivity contribution in [2.75, 3.05) is 32.1 Å². The molecule has 0 bridgehead atoms. The van der Waals surface area contributed by atoms with Crippen LogP contribution in [0.5, 0.6) is 5.75 Å². The van der Waals surface area contributed by atoms with Crippen LogP contribution in [0.2, 0.25) is 5.02 Å². The van der Waals surface area contributed by atoms with Gasteiger partial charge in [0.25, 0.3) is 5.91 Å². The van der Waals surface area contributed by atoms with Gasteiger partial charge in [0.1, 0.15) is 0 Å². The molecule has 0 aliphatic heterocycles. The Hall–Kier alpha value is -4.95. The van der Waals surface area contributed by atoms with Gasteiger partial charge in [-0.2, -0.15) is 0 Å². The molecule has 0 spiro atoms. The van der Waals surface area contributed by atoms with Crippen molar-refractivity contribution in [3.8, 4) is 17.0 Å². The van der Waals surface area contributed by atoms with Crippen molar-refractivity contribution in [2.24, 2.45) is 11.5 Å². The normalized spacial score (nSPS) is 11.6. The monoisotopic (exact) mass is 638 g/mol. The van der Waals surface area contributed by atoms with Crippen molar-refractivity contribution in [1.29, 1.82) is 5.41 Å². The van der Waals surface area contributed by atoms with E-state index in [9.17, 15) is 14.0 Å². The van der Waals surface area contributed by atoms with E-state index in [-0.39, 0.29) is 41.6 Å². The van der Waals surface area contributed by atoms with Crippen molar-refractivity contribution < 1.29 is 18.7 Å². The maximum atomic E-state index is 14.6. The minimum atomic E-state index is -0.696. The number of nitrogens with two attached hydrogens (primary N) is 2. The summed E-state index contributed by atoms with van der Waals surface area (Å²) in [5.41, 5.74) is 14.7. The molecule has 0 radical (unpaired) electrons. The SMILES string of the molecule is CCc1cc(Nc2nccn3c(-c4ccc(OC)c(F)c4Cl)cnc23)ccc1C(=O)NCCNC(=O)C(N)CCCNC(=N)N. The molecule has 13 nitrogen and oxygen atoms in total. The number of halogens is 2. The van der Waals surface area contributed by atoms with Crippen LogP contribution in [0.25, 0.3) is 16.9 Å². The highest BCUT2D eigenvalue weighted by atomic mass is 35.5. The third-order valence-electron chi connectivity index (χ3n) is 7.02. The van der Waals surface area contributed by atoms with Gasteiger partial charge in [-0.25, -0.2) is 14.4 Å². The van der Waals surface area contributed by atoms with Gasteiger partial charge < -0.3 is 37.5 Å². The Kier molecular flexibility index (Phi) is 11.1. The first-order valence-corrected chi connectivity index (χ1v) is 14.7. The maximum absolute atomic E-state index is 14.6. The van der Waals surface area contributed by atoms with Crippen LogP contribution < -0.4 is 37.5 Å². The second-order valence-electron chi connectivity index (χ2n) is 10.0. The number of rotatable bonds is 14. The van der Waals surface area contributed by atoms with Gasteiger partial charge in [-0.3, -0.25) is 19.4 Å². The lowest BCUT2D eigenvalue weighted by Gasteiger charge is -2.14. The lowest BCUT2D eigenvalue weighted by Crippen LogP contribution is -2.44. The molecule has 0 saturated heterocycles. The number of methoxy groups -OCH3 is 1. The summed E-state index contributed by atoms with van der Waals surface area (Å²) in [5.74, 6) is -0.869. The summed E-state index contributed by atoms with van der Waals surface area (Å²) in [6.45, 7) is 2.85. The zero-order valence-electron chi connectivity index (χ0n) is 24.9. The van der Waals surface area contributed by atoms with E-state index in [2.05, 4.69) is 31.2 Å². The molecule has 0 fully saturated rings. The molecule has 9 N–H and O–H groups in total. The molecule has 0 aliphatic carbocycles. The number of carbonyl (C=O) groups is 2. The van der Waals surface area contributed by atoms with Gasteiger partial charge in [-0.1, -0.05) is 18.5 Å². The van der Waals surface area contributed by atoms with Crippen LogP contribution in [-0.4, -0.2) is 64.9 Å². The van der Waals surface area contributed by atoms with Gasteiger partial charge in [0, 0.05) is 48.8 Å². The van der Waals surface area contributed by atoms with E-state index in [1.54, 1.807) is 41.2 Å². The Balaban J connectivity index is 1.38. The molecule has 2 aromatic heterocycles. The highest BCUT2D eigenvalue weighted by Crippen LogP contribution is 2.35. The number of guanidine groups is 1. The largest absolute Gasteiger partial charge is 0.494 e. The van der Waals surface area contributed by atoms with Crippen LogP contribution in [-0.2, 0) is 11.2 Å². The third-order valence-corrected chi connectivity index (χ3v) is 7.39. The van der Waals surface area contributed by atoms with Gasteiger partial charge in [-0.05, 0) is 55.2 Å². The highest BCUT2D eigenvalue weighted by molar-refractivity contribution is 6.33. The van der Waals surface area contributed by atoms with Gasteiger partial charge >= 0.3 is 0 Å². The number of ether oxygens (including phenoxy) is 1. The second-order valence-corrected chi connectivity index (χ2v) is 10.4. The number of nitrogens with zero attached hydrogens (tertiary/aromatic N) is 3. The summed E-state index contributed by atoms with van der Waals surface area (Å²) in [5, 5.41) is 18.5. The predicted octanol–water partition coefficient (Wildman–Crippen LogP) is 2.94. The number of amides is 2. The number of anilines is 2. The summed E-state index contributed by atoms with van der Waals surface area (Å²) < 4.78 is 21.4. The van der Waals surface area contributed by atoms with E-state index < -0.39 is 11.9 Å². The van der Waals surface area contributed by atoms with E-state index in [0.717, 1.165) is 5.56 Å². The molecule has 1 atom stereocenters. The Morgan fingerprint density at radius 2 is 1.91 bits per heavy atom. The Bertz CT molecular complexity index is 1700.